The second-order valence-corrected chi connectivity index (χ2v) is 6.36. The van der Waals surface area contributed by atoms with E-state index in [2.05, 4.69) is 32.6 Å². The molecule has 0 aliphatic carbocycles. The van der Waals surface area contributed by atoms with Crippen LogP contribution in [-0.2, 0) is 4.79 Å². The Morgan fingerprint density at radius 1 is 1.13 bits per heavy atom. The fraction of sp³-hybridized carbons (Fsp3) is 0.176. The van der Waals surface area contributed by atoms with Crippen molar-refractivity contribution in [2.45, 2.75) is 6.04 Å². The van der Waals surface area contributed by atoms with E-state index in [1.165, 1.54) is 11.8 Å². The topological polar surface area (TPSA) is 66.7 Å². The van der Waals surface area contributed by atoms with Gasteiger partial charge in [0.15, 0.2) is 0 Å². The number of nitrogens with zero attached hydrogens (tertiary/aromatic N) is 3. The zero-order valence-electron chi connectivity index (χ0n) is 12.2. The van der Waals surface area contributed by atoms with Crippen LogP contribution in [0.2, 0.25) is 0 Å². The fourth-order valence-corrected chi connectivity index (χ4v) is 3.80. The van der Waals surface area contributed by atoms with E-state index < -0.39 is 0 Å². The molecule has 0 saturated heterocycles. The number of amides is 1. The highest BCUT2D eigenvalue weighted by Crippen LogP contribution is 2.36. The van der Waals surface area contributed by atoms with Gasteiger partial charge in [-0.3, -0.25) is 9.78 Å². The highest BCUT2D eigenvalue weighted by atomic mass is 32.2. The predicted octanol–water partition coefficient (Wildman–Crippen LogP) is 2.42. The molecule has 2 aromatic rings. The van der Waals surface area contributed by atoms with Crippen molar-refractivity contribution in [3.63, 3.8) is 0 Å². The van der Waals surface area contributed by atoms with Crippen LogP contribution in [0.4, 0.5) is 0 Å². The second kappa shape index (κ2) is 5.96. The standard InChI is InChI=1S/C17H14N4OS/c22-13-10-23-17(19-13)14-15(11-5-2-1-3-6-11)20-21-16(14)12-7-4-8-18-9-12/h1-9,14-15,20H,10H2. The molecule has 0 bridgehead atoms. The minimum absolute atomic E-state index is 0.0245. The number of hydrazone groups is 1. The Kier molecular flexibility index (Phi) is 3.67. The molecule has 2 aliphatic rings. The second-order valence-electron chi connectivity index (χ2n) is 5.37. The molecule has 3 heterocycles. The third-order valence-electron chi connectivity index (χ3n) is 3.91. The first kappa shape index (κ1) is 14.1. The number of nitrogens with one attached hydrogen (secondary N) is 1. The van der Waals surface area contributed by atoms with Gasteiger partial charge in [-0.05, 0) is 17.7 Å². The van der Waals surface area contributed by atoms with Gasteiger partial charge in [0.05, 0.1) is 28.5 Å². The molecule has 2 aliphatic heterocycles. The zero-order chi connectivity index (χ0) is 15.6. The Balaban J connectivity index is 1.76. The van der Waals surface area contributed by atoms with E-state index in [4.69, 9.17) is 0 Å². The molecule has 0 radical (unpaired) electrons. The number of carbonyl (C=O) groups excluding carboxylic acids is 1. The summed E-state index contributed by atoms with van der Waals surface area (Å²) in [6.07, 6.45) is 3.53. The summed E-state index contributed by atoms with van der Waals surface area (Å²) in [6.45, 7) is 0. The van der Waals surface area contributed by atoms with E-state index in [0.717, 1.165) is 21.9 Å². The maximum atomic E-state index is 11.6. The number of carbonyl (C=O) groups is 1. The third kappa shape index (κ3) is 2.66. The maximum Gasteiger partial charge on any atom is 0.256 e. The molecule has 5 nitrogen and oxygen atoms in total. The predicted molar refractivity (Wildman–Crippen MR) is 91.5 cm³/mol. The van der Waals surface area contributed by atoms with Crippen molar-refractivity contribution >= 4 is 28.4 Å². The summed E-state index contributed by atoms with van der Waals surface area (Å²) >= 11 is 1.50. The number of hydrogen-bond donors (Lipinski definition) is 1. The average Bonchev–Trinajstić information content (AvgIpc) is 3.22. The SMILES string of the molecule is O=C1CSC(C2C(c3cccnc3)=NNC2c2ccccc2)=N1. The third-order valence-corrected chi connectivity index (χ3v) is 4.94. The van der Waals surface area contributed by atoms with E-state index in [0.29, 0.717) is 5.75 Å². The van der Waals surface area contributed by atoms with Crippen LogP contribution in [0.1, 0.15) is 17.2 Å². The Morgan fingerprint density at radius 3 is 2.70 bits per heavy atom. The highest BCUT2D eigenvalue weighted by Gasteiger charge is 2.39. The van der Waals surface area contributed by atoms with Gasteiger partial charge in [-0.2, -0.15) is 5.10 Å². The van der Waals surface area contributed by atoms with Gasteiger partial charge in [-0.15, -0.1) is 0 Å². The van der Waals surface area contributed by atoms with Crippen molar-refractivity contribution < 1.29 is 4.79 Å². The molecule has 1 N–H and O–H groups in total. The minimum Gasteiger partial charge on any atom is -0.301 e. The molecule has 2 atom stereocenters. The molecule has 0 fully saturated rings. The summed E-state index contributed by atoms with van der Waals surface area (Å²) < 4.78 is 0. The molecule has 2 unspecified atom stereocenters. The van der Waals surface area contributed by atoms with Gasteiger partial charge in [0, 0.05) is 18.0 Å². The molecule has 4 rings (SSSR count). The zero-order valence-corrected chi connectivity index (χ0v) is 13.0. The van der Waals surface area contributed by atoms with Crippen LogP contribution in [0.15, 0.2) is 65.0 Å². The van der Waals surface area contributed by atoms with Gasteiger partial charge >= 0.3 is 0 Å². The van der Waals surface area contributed by atoms with E-state index in [-0.39, 0.29) is 17.9 Å². The lowest BCUT2D eigenvalue weighted by molar-refractivity contribution is -0.115. The number of rotatable bonds is 3. The largest absolute Gasteiger partial charge is 0.301 e. The molecule has 0 saturated carbocycles. The lowest BCUT2D eigenvalue weighted by Gasteiger charge is -2.20. The van der Waals surface area contributed by atoms with E-state index in [9.17, 15) is 4.79 Å². The summed E-state index contributed by atoms with van der Waals surface area (Å²) in [5, 5.41) is 5.37. The summed E-state index contributed by atoms with van der Waals surface area (Å²) in [5.41, 5.74) is 6.18. The Morgan fingerprint density at radius 2 is 2.00 bits per heavy atom. The monoisotopic (exact) mass is 322 g/mol. The molecule has 23 heavy (non-hydrogen) atoms. The average molecular weight is 322 g/mol. The van der Waals surface area contributed by atoms with Crippen LogP contribution in [0.5, 0.6) is 0 Å². The van der Waals surface area contributed by atoms with Gasteiger partial charge in [0.25, 0.3) is 5.91 Å². The first-order chi connectivity index (χ1) is 11.3. The van der Waals surface area contributed by atoms with Gasteiger partial charge in [-0.25, -0.2) is 4.99 Å². The van der Waals surface area contributed by atoms with Crippen LogP contribution in [0.3, 0.4) is 0 Å². The van der Waals surface area contributed by atoms with Crippen molar-refractivity contribution in [3.05, 3.63) is 66.0 Å². The lowest BCUT2D eigenvalue weighted by atomic mass is 9.88. The number of pyridine rings is 1. The van der Waals surface area contributed by atoms with Crippen LogP contribution in [-0.4, -0.2) is 27.4 Å². The van der Waals surface area contributed by atoms with Crippen LogP contribution < -0.4 is 5.43 Å². The van der Waals surface area contributed by atoms with Crippen LogP contribution in [0, 0.1) is 5.92 Å². The molecule has 1 amide bonds. The quantitative estimate of drug-likeness (QED) is 0.942. The Bertz CT molecular complexity index is 789. The van der Waals surface area contributed by atoms with E-state index in [1.807, 2.05) is 30.3 Å². The van der Waals surface area contributed by atoms with Gasteiger partial charge in [0.1, 0.15) is 0 Å². The number of aromatic nitrogens is 1. The number of benzene rings is 1. The van der Waals surface area contributed by atoms with Crippen molar-refractivity contribution in [1.82, 2.24) is 10.4 Å². The molecular weight excluding hydrogens is 308 g/mol. The smallest absolute Gasteiger partial charge is 0.256 e. The Hall–Kier alpha value is -2.47. The first-order valence-corrected chi connectivity index (χ1v) is 8.34. The summed E-state index contributed by atoms with van der Waals surface area (Å²) in [5.74, 6) is 0.264. The molecule has 6 heteroatoms. The first-order valence-electron chi connectivity index (χ1n) is 7.35. The number of thioether (sulfide) groups is 1. The number of hydrogen-bond acceptors (Lipinski definition) is 5. The minimum atomic E-state index is -0.0748. The van der Waals surface area contributed by atoms with Crippen LogP contribution >= 0.6 is 11.8 Å². The molecular formula is C17H14N4OS. The van der Waals surface area contributed by atoms with E-state index in [1.54, 1.807) is 12.4 Å². The summed E-state index contributed by atoms with van der Waals surface area (Å²) in [7, 11) is 0. The van der Waals surface area contributed by atoms with Crippen molar-refractivity contribution in [3.8, 4) is 0 Å². The maximum absolute atomic E-state index is 11.6. The van der Waals surface area contributed by atoms with E-state index >= 15 is 0 Å². The summed E-state index contributed by atoms with van der Waals surface area (Å²) in [4.78, 5) is 20.0. The molecule has 0 spiro atoms. The van der Waals surface area contributed by atoms with Gasteiger partial charge in [0.2, 0.25) is 0 Å². The lowest BCUT2D eigenvalue weighted by Crippen LogP contribution is -2.27. The Labute approximate surface area is 137 Å². The normalized spacial score (nSPS) is 23.4. The van der Waals surface area contributed by atoms with Crippen molar-refractivity contribution in [2.75, 3.05) is 5.75 Å². The molecule has 114 valence electrons. The molecule has 1 aromatic carbocycles. The number of aliphatic imine (C=N–C) groups is 1. The van der Waals surface area contributed by atoms with Gasteiger partial charge < -0.3 is 5.43 Å². The van der Waals surface area contributed by atoms with Gasteiger partial charge in [-0.1, -0.05) is 42.1 Å². The van der Waals surface area contributed by atoms with Crippen molar-refractivity contribution in [1.29, 1.82) is 0 Å². The van der Waals surface area contributed by atoms with Crippen molar-refractivity contribution in [2.24, 2.45) is 16.0 Å². The molecule has 1 aromatic heterocycles. The summed E-state index contributed by atoms with van der Waals surface area (Å²) in [6, 6.07) is 14.0. The fourth-order valence-electron chi connectivity index (χ4n) is 2.87. The highest BCUT2D eigenvalue weighted by molar-refractivity contribution is 8.15. The van der Waals surface area contributed by atoms with Crippen LogP contribution in [0.25, 0.3) is 0 Å².